The van der Waals surface area contributed by atoms with Crippen LogP contribution in [0.4, 0.5) is 0 Å². The van der Waals surface area contributed by atoms with Crippen molar-refractivity contribution in [1.29, 1.82) is 0 Å². The number of nitrogens with zero attached hydrogens (tertiary/aromatic N) is 1. The van der Waals surface area contributed by atoms with Gasteiger partial charge in [-0.3, -0.25) is 0 Å². The third-order valence-corrected chi connectivity index (χ3v) is 2.37. The highest BCUT2D eigenvalue weighted by Crippen LogP contribution is 2.23. The van der Waals surface area contributed by atoms with E-state index in [4.69, 9.17) is 0 Å². The second-order valence-corrected chi connectivity index (χ2v) is 3.67. The van der Waals surface area contributed by atoms with E-state index < -0.39 is 0 Å². The van der Waals surface area contributed by atoms with Gasteiger partial charge in [-0.05, 0) is 5.92 Å². The molecule has 11 heavy (non-hydrogen) atoms. The summed E-state index contributed by atoms with van der Waals surface area (Å²) in [4.78, 5) is 4.02. The lowest BCUT2D eigenvalue weighted by atomic mass is 9.91. The fourth-order valence-electron chi connectivity index (χ4n) is 1.11. The Morgan fingerprint density at radius 2 is 2.36 bits per heavy atom. The Balaban J connectivity index is 2.73. The van der Waals surface area contributed by atoms with Crippen LogP contribution in [-0.2, 0) is 0 Å². The first-order valence-electron chi connectivity index (χ1n) is 3.72. The maximum Gasteiger partial charge on any atom is 0.0273 e. The van der Waals surface area contributed by atoms with E-state index in [0.29, 0.717) is 11.8 Å². The molecule has 2 atom stereocenters. The minimum absolute atomic E-state index is 0.458. The molecule has 0 aromatic carbocycles. The number of hydrogen-bond donors (Lipinski definition) is 0. The molecule has 0 saturated heterocycles. The van der Waals surface area contributed by atoms with E-state index in [9.17, 15) is 0 Å². The van der Waals surface area contributed by atoms with Crippen molar-refractivity contribution in [3.63, 3.8) is 0 Å². The number of allylic oxidation sites excluding steroid dienone is 4. The van der Waals surface area contributed by atoms with E-state index >= 15 is 0 Å². The van der Waals surface area contributed by atoms with Gasteiger partial charge in [0.25, 0.3) is 0 Å². The van der Waals surface area contributed by atoms with Gasteiger partial charge in [-0.25, -0.2) is 0 Å². The normalized spacial score (nSPS) is 31.0. The van der Waals surface area contributed by atoms with Crippen molar-refractivity contribution in [2.75, 3.05) is 7.05 Å². The molecule has 0 aromatic rings. The summed E-state index contributed by atoms with van der Waals surface area (Å²) in [6.45, 7) is 2.19. The van der Waals surface area contributed by atoms with Crippen molar-refractivity contribution in [2.24, 2.45) is 16.8 Å². The summed E-state index contributed by atoms with van der Waals surface area (Å²) in [6, 6.07) is 0. The topological polar surface area (TPSA) is 12.4 Å². The zero-order valence-corrected chi connectivity index (χ0v) is 8.38. The van der Waals surface area contributed by atoms with Gasteiger partial charge < -0.3 is 4.99 Å². The van der Waals surface area contributed by atoms with E-state index in [1.165, 1.54) is 0 Å². The summed E-state index contributed by atoms with van der Waals surface area (Å²) in [6.07, 6.45) is 8.44. The zero-order chi connectivity index (χ0) is 8.27. The largest absolute Gasteiger partial charge is 0.300 e. The molecule has 0 radical (unpaired) electrons. The summed E-state index contributed by atoms with van der Waals surface area (Å²) in [5.41, 5.74) is 0. The van der Waals surface area contributed by atoms with Gasteiger partial charge >= 0.3 is 0 Å². The van der Waals surface area contributed by atoms with Crippen molar-refractivity contribution < 1.29 is 0 Å². The second kappa shape index (κ2) is 3.86. The summed E-state index contributed by atoms with van der Waals surface area (Å²) < 4.78 is 1.15. The number of halogens is 1. The van der Waals surface area contributed by atoms with Gasteiger partial charge in [-0.15, -0.1) is 0 Å². The van der Waals surface area contributed by atoms with Crippen molar-refractivity contribution in [2.45, 2.75) is 6.92 Å². The molecule has 0 aliphatic heterocycles. The summed E-state index contributed by atoms with van der Waals surface area (Å²) in [5, 5.41) is 0. The van der Waals surface area contributed by atoms with Gasteiger partial charge in [-0.2, -0.15) is 0 Å². The molecule has 0 fully saturated rings. The van der Waals surface area contributed by atoms with Crippen LogP contribution in [0.5, 0.6) is 0 Å². The van der Waals surface area contributed by atoms with Crippen LogP contribution >= 0.6 is 15.9 Å². The molecular weight excluding hydrogens is 202 g/mol. The van der Waals surface area contributed by atoms with Crippen molar-refractivity contribution in [1.82, 2.24) is 0 Å². The first-order chi connectivity index (χ1) is 5.24. The molecule has 2 heteroatoms. The summed E-state index contributed by atoms with van der Waals surface area (Å²) >= 11 is 3.44. The molecule has 0 heterocycles. The lowest BCUT2D eigenvalue weighted by Gasteiger charge is -2.16. The van der Waals surface area contributed by atoms with Gasteiger partial charge in [0.2, 0.25) is 0 Å². The predicted octanol–water partition coefficient (Wildman–Crippen LogP) is 2.79. The second-order valence-electron chi connectivity index (χ2n) is 2.75. The zero-order valence-electron chi connectivity index (χ0n) is 6.79. The van der Waals surface area contributed by atoms with Crippen molar-refractivity contribution >= 4 is 22.1 Å². The highest BCUT2D eigenvalue weighted by atomic mass is 79.9. The molecule has 1 aliphatic carbocycles. The molecule has 1 nitrogen and oxygen atoms in total. The molecule has 1 aliphatic rings. The first-order valence-corrected chi connectivity index (χ1v) is 4.51. The van der Waals surface area contributed by atoms with Crippen LogP contribution in [-0.4, -0.2) is 13.3 Å². The van der Waals surface area contributed by atoms with Crippen LogP contribution in [0, 0.1) is 11.8 Å². The monoisotopic (exact) mass is 213 g/mol. The maximum absolute atomic E-state index is 4.02. The van der Waals surface area contributed by atoms with Crippen LogP contribution in [0.2, 0.25) is 0 Å². The van der Waals surface area contributed by atoms with Crippen LogP contribution in [0.1, 0.15) is 6.92 Å². The van der Waals surface area contributed by atoms with E-state index in [1.807, 2.05) is 13.3 Å². The number of aliphatic imine (C=N–C) groups is 1. The summed E-state index contributed by atoms with van der Waals surface area (Å²) in [7, 11) is 1.81. The van der Waals surface area contributed by atoms with Gasteiger partial charge in [0.1, 0.15) is 0 Å². The minimum atomic E-state index is 0.458. The average Bonchev–Trinajstić information content (AvgIpc) is 1.98. The van der Waals surface area contributed by atoms with Gasteiger partial charge in [-0.1, -0.05) is 41.1 Å². The molecular formula is C9H12BrN. The molecule has 0 bridgehead atoms. The van der Waals surface area contributed by atoms with Crippen LogP contribution < -0.4 is 0 Å². The minimum Gasteiger partial charge on any atom is -0.300 e. The fourth-order valence-corrected chi connectivity index (χ4v) is 1.57. The lowest BCUT2D eigenvalue weighted by Crippen LogP contribution is -2.11. The molecule has 0 spiro atoms. The Kier molecular flexibility index (Phi) is 3.06. The fraction of sp³-hybridized carbons (Fsp3) is 0.444. The van der Waals surface area contributed by atoms with E-state index in [1.54, 1.807) is 0 Å². The molecule has 1 rings (SSSR count). The smallest absolute Gasteiger partial charge is 0.0273 e. The van der Waals surface area contributed by atoms with Crippen molar-refractivity contribution in [3.05, 3.63) is 22.7 Å². The predicted molar refractivity (Wildman–Crippen MR) is 53.2 cm³/mol. The Hall–Kier alpha value is -0.370. The lowest BCUT2D eigenvalue weighted by molar-refractivity contribution is 0.644. The molecule has 0 amide bonds. The molecule has 0 aromatic heterocycles. The Labute approximate surface area is 76.0 Å². The Bertz CT molecular complexity index is 216. The Morgan fingerprint density at radius 1 is 1.64 bits per heavy atom. The van der Waals surface area contributed by atoms with Crippen molar-refractivity contribution in [3.8, 4) is 0 Å². The van der Waals surface area contributed by atoms with Crippen LogP contribution in [0.3, 0.4) is 0 Å². The third-order valence-electron chi connectivity index (χ3n) is 1.84. The Morgan fingerprint density at radius 3 is 3.00 bits per heavy atom. The SMILES string of the molecule is CN=CC1C=C(Br)C=C[C@H]1C. The van der Waals surface area contributed by atoms with Crippen LogP contribution in [0.25, 0.3) is 0 Å². The quantitative estimate of drug-likeness (QED) is 0.595. The van der Waals surface area contributed by atoms with Gasteiger partial charge in [0, 0.05) is 23.7 Å². The van der Waals surface area contributed by atoms with Gasteiger partial charge in [0.15, 0.2) is 0 Å². The molecule has 0 N–H and O–H groups in total. The molecule has 0 saturated carbocycles. The number of rotatable bonds is 1. The maximum atomic E-state index is 4.02. The van der Waals surface area contributed by atoms with Crippen LogP contribution in [0.15, 0.2) is 27.7 Å². The van der Waals surface area contributed by atoms with E-state index in [0.717, 1.165) is 4.48 Å². The first kappa shape index (κ1) is 8.72. The molecule has 1 unspecified atom stereocenters. The highest BCUT2D eigenvalue weighted by molar-refractivity contribution is 9.11. The standard InChI is InChI=1S/C9H12BrN/c1-7-3-4-9(10)5-8(7)6-11-2/h3-8H,1-2H3/t7-,8?/m1/s1. The van der Waals surface area contributed by atoms with E-state index in [2.05, 4.69) is 46.1 Å². The molecule has 60 valence electrons. The van der Waals surface area contributed by atoms with E-state index in [-0.39, 0.29) is 0 Å². The summed E-state index contributed by atoms with van der Waals surface area (Å²) in [5.74, 6) is 1.03. The van der Waals surface area contributed by atoms with Gasteiger partial charge in [0.05, 0.1) is 0 Å². The average molecular weight is 214 g/mol. The third kappa shape index (κ3) is 2.29. The number of hydrogen-bond acceptors (Lipinski definition) is 1. The highest BCUT2D eigenvalue weighted by Gasteiger charge is 2.13.